The van der Waals surface area contributed by atoms with Gasteiger partial charge in [-0.1, -0.05) is 57.2 Å². The molecule has 0 fully saturated rings. The number of fused-ring (bicyclic) bond motifs is 1. The number of nitrogens with zero attached hydrogens (tertiary/aromatic N) is 1. The number of hydrogen-bond acceptors (Lipinski definition) is 2. The van der Waals surface area contributed by atoms with Gasteiger partial charge in [0.1, 0.15) is 0 Å². The SMILES string of the molecule is CCCCCCCC(NC)c1ccc2cccnc2c1. The van der Waals surface area contributed by atoms with Crippen LogP contribution in [0.25, 0.3) is 10.9 Å². The molecule has 1 aromatic carbocycles. The zero-order chi connectivity index (χ0) is 14.2. The minimum atomic E-state index is 0.447. The molecule has 108 valence electrons. The monoisotopic (exact) mass is 270 g/mol. The summed E-state index contributed by atoms with van der Waals surface area (Å²) in [6.07, 6.45) is 9.76. The predicted molar refractivity (Wildman–Crippen MR) is 86.9 cm³/mol. The third-order valence-electron chi connectivity index (χ3n) is 3.98. The van der Waals surface area contributed by atoms with Crippen molar-refractivity contribution >= 4 is 10.9 Å². The normalized spacial score (nSPS) is 12.7. The van der Waals surface area contributed by atoms with E-state index >= 15 is 0 Å². The van der Waals surface area contributed by atoms with E-state index in [2.05, 4.69) is 48.5 Å². The van der Waals surface area contributed by atoms with Gasteiger partial charge in [-0.2, -0.15) is 0 Å². The summed E-state index contributed by atoms with van der Waals surface area (Å²) in [5.41, 5.74) is 2.45. The van der Waals surface area contributed by atoms with Gasteiger partial charge in [-0.25, -0.2) is 0 Å². The van der Waals surface area contributed by atoms with E-state index in [4.69, 9.17) is 0 Å². The lowest BCUT2D eigenvalue weighted by atomic mass is 9.98. The molecule has 0 bridgehead atoms. The molecule has 2 rings (SSSR count). The van der Waals surface area contributed by atoms with E-state index in [1.54, 1.807) is 0 Å². The van der Waals surface area contributed by atoms with Crippen LogP contribution in [0, 0.1) is 0 Å². The highest BCUT2D eigenvalue weighted by molar-refractivity contribution is 5.78. The second-order valence-corrected chi connectivity index (χ2v) is 5.50. The van der Waals surface area contributed by atoms with Crippen LogP contribution in [0.15, 0.2) is 36.5 Å². The fourth-order valence-electron chi connectivity index (χ4n) is 2.73. The summed E-state index contributed by atoms with van der Waals surface area (Å²) in [5.74, 6) is 0. The third kappa shape index (κ3) is 4.04. The number of nitrogens with one attached hydrogen (secondary N) is 1. The highest BCUT2D eigenvalue weighted by Gasteiger charge is 2.09. The molecule has 1 unspecified atom stereocenters. The van der Waals surface area contributed by atoms with Crippen LogP contribution in [-0.4, -0.2) is 12.0 Å². The highest BCUT2D eigenvalue weighted by atomic mass is 14.9. The molecule has 2 aromatic rings. The number of aromatic nitrogens is 1. The smallest absolute Gasteiger partial charge is 0.0705 e. The Hall–Kier alpha value is -1.41. The van der Waals surface area contributed by atoms with Gasteiger partial charge in [-0.05, 0) is 31.2 Å². The molecule has 0 spiro atoms. The Morgan fingerprint density at radius 2 is 1.95 bits per heavy atom. The lowest BCUT2D eigenvalue weighted by Crippen LogP contribution is -2.16. The molecule has 0 saturated heterocycles. The van der Waals surface area contributed by atoms with Crippen molar-refractivity contribution in [3.05, 3.63) is 42.1 Å². The van der Waals surface area contributed by atoms with Crippen molar-refractivity contribution < 1.29 is 0 Å². The van der Waals surface area contributed by atoms with Gasteiger partial charge >= 0.3 is 0 Å². The summed E-state index contributed by atoms with van der Waals surface area (Å²) in [7, 11) is 2.05. The van der Waals surface area contributed by atoms with Crippen LogP contribution in [0.1, 0.15) is 57.1 Å². The second-order valence-electron chi connectivity index (χ2n) is 5.50. The van der Waals surface area contributed by atoms with Gasteiger partial charge in [0.15, 0.2) is 0 Å². The van der Waals surface area contributed by atoms with E-state index in [1.165, 1.54) is 49.5 Å². The molecule has 0 aliphatic carbocycles. The number of rotatable bonds is 8. The molecule has 0 aliphatic heterocycles. The first-order chi connectivity index (χ1) is 9.85. The molecule has 0 radical (unpaired) electrons. The highest BCUT2D eigenvalue weighted by Crippen LogP contribution is 2.23. The maximum atomic E-state index is 4.45. The summed E-state index contributed by atoms with van der Waals surface area (Å²) in [6.45, 7) is 2.26. The Morgan fingerprint density at radius 1 is 1.10 bits per heavy atom. The number of unbranched alkanes of at least 4 members (excludes halogenated alkanes) is 4. The van der Waals surface area contributed by atoms with Gasteiger partial charge in [-0.3, -0.25) is 4.98 Å². The fourth-order valence-corrected chi connectivity index (χ4v) is 2.73. The van der Waals surface area contributed by atoms with Crippen LogP contribution < -0.4 is 5.32 Å². The third-order valence-corrected chi connectivity index (χ3v) is 3.98. The maximum absolute atomic E-state index is 4.45. The summed E-state index contributed by atoms with van der Waals surface area (Å²) in [5, 5.41) is 4.66. The van der Waals surface area contributed by atoms with Crippen LogP contribution in [-0.2, 0) is 0 Å². The van der Waals surface area contributed by atoms with Crippen LogP contribution in [0.4, 0.5) is 0 Å². The number of benzene rings is 1. The minimum absolute atomic E-state index is 0.447. The summed E-state index contributed by atoms with van der Waals surface area (Å²) in [6, 6.07) is 11.2. The van der Waals surface area contributed by atoms with E-state index in [0.717, 1.165) is 5.52 Å². The van der Waals surface area contributed by atoms with E-state index < -0.39 is 0 Å². The van der Waals surface area contributed by atoms with Crippen LogP contribution >= 0.6 is 0 Å². The van der Waals surface area contributed by atoms with Gasteiger partial charge in [-0.15, -0.1) is 0 Å². The van der Waals surface area contributed by atoms with Crippen molar-refractivity contribution in [2.75, 3.05) is 7.05 Å². The van der Waals surface area contributed by atoms with Gasteiger partial charge in [0.2, 0.25) is 0 Å². The molecule has 0 amide bonds. The first-order valence-electron chi connectivity index (χ1n) is 7.87. The molecule has 20 heavy (non-hydrogen) atoms. The Labute approximate surface area is 122 Å². The lowest BCUT2D eigenvalue weighted by Gasteiger charge is -2.17. The Balaban J connectivity index is 1.98. The topological polar surface area (TPSA) is 24.9 Å². The molecule has 1 N–H and O–H groups in total. The summed E-state index contributed by atoms with van der Waals surface area (Å²) in [4.78, 5) is 4.45. The average molecular weight is 270 g/mol. The Kier molecular flexibility index (Phi) is 6.00. The predicted octanol–water partition coefficient (Wildman–Crippen LogP) is 4.86. The Morgan fingerprint density at radius 3 is 2.75 bits per heavy atom. The van der Waals surface area contributed by atoms with E-state index in [0.29, 0.717) is 6.04 Å². The van der Waals surface area contributed by atoms with E-state index in [-0.39, 0.29) is 0 Å². The van der Waals surface area contributed by atoms with Gasteiger partial charge in [0.05, 0.1) is 5.52 Å². The van der Waals surface area contributed by atoms with Crippen molar-refractivity contribution in [3.8, 4) is 0 Å². The molecule has 0 aliphatic rings. The standard InChI is InChI=1S/C18H26N2/c1-3-4-5-6-7-10-17(19-2)16-12-11-15-9-8-13-20-18(15)14-16/h8-9,11-14,17,19H,3-7,10H2,1-2H3. The average Bonchev–Trinajstić information content (AvgIpc) is 2.50. The van der Waals surface area contributed by atoms with Crippen LogP contribution in [0.5, 0.6) is 0 Å². The molecular weight excluding hydrogens is 244 g/mol. The van der Waals surface area contributed by atoms with Gasteiger partial charge < -0.3 is 5.32 Å². The van der Waals surface area contributed by atoms with Gasteiger partial charge in [0.25, 0.3) is 0 Å². The minimum Gasteiger partial charge on any atom is -0.313 e. The van der Waals surface area contributed by atoms with Crippen molar-refractivity contribution in [2.24, 2.45) is 0 Å². The van der Waals surface area contributed by atoms with E-state index in [1.807, 2.05) is 12.3 Å². The molecule has 0 saturated carbocycles. The molecule has 1 atom stereocenters. The summed E-state index contributed by atoms with van der Waals surface area (Å²) < 4.78 is 0. The lowest BCUT2D eigenvalue weighted by molar-refractivity contribution is 0.501. The zero-order valence-electron chi connectivity index (χ0n) is 12.7. The zero-order valence-corrected chi connectivity index (χ0v) is 12.7. The molecular formula is C18H26N2. The largest absolute Gasteiger partial charge is 0.313 e. The van der Waals surface area contributed by atoms with Crippen LogP contribution in [0.2, 0.25) is 0 Å². The number of pyridine rings is 1. The maximum Gasteiger partial charge on any atom is 0.0705 e. The van der Waals surface area contributed by atoms with E-state index in [9.17, 15) is 0 Å². The molecule has 1 heterocycles. The van der Waals surface area contributed by atoms with Gasteiger partial charge in [0, 0.05) is 17.6 Å². The Bertz CT molecular complexity index is 522. The van der Waals surface area contributed by atoms with Crippen molar-refractivity contribution in [1.29, 1.82) is 0 Å². The molecule has 1 aromatic heterocycles. The van der Waals surface area contributed by atoms with Crippen LogP contribution in [0.3, 0.4) is 0 Å². The fraction of sp³-hybridized carbons (Fsp3) is 0.500. The summed E-state index contributed by atoms with van der Waals surface area (Å²) >= 11 is 0. The molecule has 2 nitrogen and oxygen atoms in total. The molecule has 2 heteroatoms. The quantitative estimate of drug-likeness (QED) is 0.693. The first-order valence-corrected chi connectivity index (χ1v) is 7.87. The van der Waals surface area contributed by atoms with Crippen molar-refractivity contribution in [1.82, 2.24) is 10.3 Å². The second kappa shape index (κ2) is 8.01. The number of hydrogen-bond donors (Lipinski definition) is 1. The van der Waals surface area contributed by atoms with Crippen molar-refractivity contribution in [3.63, 3.8) is 0 Å². The first kappa shape index (κ1) is 15.0. The van der Waals surface area contributed by atoms with Crippen molar-refractivity contribution in [2.45, 2.75) is 51.5 Å².